The van der Waals surface area contributed by atoms with E-state index in [2.05, 4.69) is 15.5 Å². The first-order valence-corrected chi connectivity index (χ1v) is 10.5. The Bertz CT molecular complexity index is 1410. The average Bonchev–Trinajstić information content (AvgIpc) is 3.34. The number of aromatic nitrogens is 2. The maximum Gasteiger partial charge on any atom is 0.338 e. The summed E-state index contributed by atoms with van der Waals surface area (Å²) in [6.07, 6.45) is 0. The Morgan fingerprint density at radius 1 is 0.971 bits per heavy atom. The molecule has 0 saturated heterocycles. The largest absolute Gasteiger partial charge is 0.452 e. The molecule has 1 amide bonds. The quantitative estimate of drug-likeness (QED) is 0.232. The second kappa shape index (κ2) is 9.96. The molecule has 35 heavy (non-hydrogen) atoms. The van der Waals surface area contributed by atoms with Crippen LogP contribution in [-0.2, 0) is 9.53 Å². The van der Waals surface area contributed by atoms with E-state index < -0.39 is 23.4 Å². The fourth-order valence-corrected chi connectivity index (χ4v) is 3.31. The molecule has 0 fully saturated rings. The number of hydrogen-bond acceptors (Lipinski definition) is 8. The molecular formula is C25H20N4O6. The van der Waals surface area contributed by atoms with Crippen molar-refractivity contribution in [3.05, 3.63) is 93.5 Å². The fraction of sp³-hybridized carbons (Fsp3) is 0.120. The fourth-order valence-electron chi connectivity index (χ4n) is 3.31. The maximum absolute atomic E-state index is 12.3. The lowest BCUT2D eigenvalue weighted by molar-refractivity contribution is -0.385. The van der Waals surface area contributed by atoms with E-state index in [1.54, 1.807) is 19.1 Å². The van der Waals surface area contributed by atoms with E-state index in [0.29, 0.717) is 22.9 Å². The number of aryl methyl sites for hydroxylation is 2. The first-order valence-electron chi connectivity index (χ1n) is 10.5. The first-order chi connectivity index (χ1) is 16.8. The molecule has 1 aromatic heterocycles. The zero-order valence-corrected chi connectivity index (χ0v) is 18.8. The molecule has 1 heterocycles. The van der Waals surface area contributed by atoms with Crippen LogP contribution >= 0.6 is 0 Å². The molecule has 0 saturated carbocycles. The Hall–Kier alpha value is -4.86. The predicted molar refractivity (Wildman–Crippen MR) is 127 cm³/mol. The van der Waals surface area contributed by atoms with E-state index >= 15 is 0 Å². The van der Waals surface area contributed by atoms with Crippen LogP contribution in [0.15, 0.2) is 71.1 Å². The number of carbonyl (C=O) groups is 2. The highest BCUT2D eigenvalue weighted by atomic mass is 16.6. The zero-order chi connectivity index (χ0) is 24.9. The highest BCUT2D eigenvalue weighted by Crippen LogP contribution is 2.26. The van der Waals surface area contributed by atoms with E-state index in [1.165, 1.54) is 30.3 Å². The maximum atomic E-state index is 12.3. The number of anilines is 1. The van der Waals surface area contributed by atoms with Gasteiger partial charge in [-0.05, 0) is 55.8 Å². The SMILES string of the molecule is Cc1ccccc1-c1nnc(-c2ccc(C(=O)OCC(=O)Nc3ccc(C)c([N+](=O)[O-])c3)cc2)o1. The van der Waals surface area contributed by atoms with Crippen LogP contribution in [-0.4, -0.2) is 33.6 Å². The van der Waals surface area contributed by atoms with Crippen LogP contribution in [0.25, 0.3) is 22.9 Å². The number of esters is 1. The van der Waals surface area contributed by atoms with Gasteiger partial charge in [0.1, 0.15) is 0 Å². The van der Waals surface area contributed by atoms with E-state index in [-0.39, 0.29) is 16.9 Å². The highest BCUT2D eigenvalue weighted by molar-refractivity contribution is 5.95. The third-order valence-electron chi connectivity index (χ3n) is 5.19. The summed E-state index contributed by atoms with van der Waals surface area (Å²) in [5.41, 5.74) is 3.27. The van der Waals surface area contributed by atoms with Crippen LogP contribution < -0.4 is 5.32 Å². The summed E-state index contributed by atoms with van der Waals surface area (Å²) in [4.78, 5) is 34.9. The van der Waals surface area contributed by atoms with Crippen molar-refractivity contribution >= 4 is 23.3 Å². The molecule has 0 radical (unpaired) electrons. The molecule has 4 aromatic rings. The lowest BCUT2D eigenvalue weighted by Gasteiger charge is -2.07. The third-order valence-corrected chi connectivity index (χ3v) is 5.19. The van der Waals surface area contributed by atoms with Crippen molar-refractivity contribution in [1.29, 1.82) is 0 Å². The summed E-state index contributed by atoms with van der Waals surface area (Å²) >= 11 is 0. The minimum absolute atomic E-state index is 0.118. The Morgan fingerprint density at radius 2 is 1.69 bits per heavy atom. The Kier molecular flexibility index (Phi) is 6.63. The number of carbonyl (C=O) groups excluding carboxylic acids is 2. The van der Waals surface area contributed by atoms with Crippen molar-refractivity contribution in [3.8, 4) is 22.9 Å². The van der Waals surface area contributed by atoms with Crippen LogP contribution in [0, 0.1) is 24.0 Å². The molecular weight excluding hydrogens is 452 g/mol. The standard InChI is InChI=1S/C25H20N4O6/c1-15-5-3-4-6-20(15)24-28-27-23(35-24)17-8-10-18(11-9-17)25(31)34-14-22(30)26-19-12-7-16(2)21(13-19)29(32)33/h3-13H,14H2,1-2H3,(H,26,30). The van der Waals surface area contributed by atoms with Gasteiger partial charge >= 0.3 is 5.97 Å². The Morgan fingerprint density at radius 3 is 2.40 bits per heavy atom. The molecule has 10 nitrogen and oxygen atoms in total. The minimum atomic E-state index is -0.701. The first kappa shape index (κ1) is 23.3. The summed E-state index contributed by atoms with van der Waals surface area (Å²) < 4.78 is 10.8. The molecule has 3 aromatic carbocycles. The van der Waals surface area contributed by atoms with E-state index in [0.717, 1.165) is 11.1 Å². The number of amides is 1. The number of ether oxygens (including phenoxy) is 1. The molecule has 0 atom stereocenters. The molecule has 4 rings (SSSR count). The molecule has 0 aliphatic heterocycles. The van der Waals surface area contributed by atoms with Crippen LogP contribution in [0.5, 0.6) is 0 Å². The number of nitro groups is 1. The smallest absolute Gasteiger partial charge is 0.338 e. The van der Waals surface area contributed by atoms with Gasteiger partial charge in [-0.2, -0.15) is 0 Å². The van der Waals surface area contributed by atoms with Crippen LogP contribution in [0.3, 0.4) is 0 Å². The van der Waals surface area contributed by atoms with Crippen molar-refractivity contribution in [2.24, 2.45) is 0 Å². The van der Waals surface area contributed by atoms with Crippen molar-refractivity contribution < 1.29 is 23.7 Å². The topological polar surface area (TPSA) is 137 Å². The van der Waals surface area contributed by atoms with Crippen LogP contribution in [0.2, 0.25) is 0 Å². The number of nitro benzene ring substituents is 1. The Labute approximate surface area is 199 Å². The van der Waals surface area contributed by atoms with Gasteiger partial charge in [0.25, 0.3) is 11.6 Å². The number of rotatable bonds is 7. The van der Waals surface area contributed by atoms with Crippen molar-refractivity contribution in [2.75, 3.05) is 11.9 Å². The van der Waals surface area contributed by atoms with Gasteiger partial charge in [-0.3, -0.25) is 14.9 Å². The van der Waals surface area contributed by atoms with E-state index in [1.807, 2.05) is 31.2 Å². The zero-order valence-electron chi connectivity index (χ0n) is 18.8. The van der Waals surface area contributed by atoms with Crippen molar-refractivity contribution in [1.82, 2.24) is 10.2 Å². The van der Waals surface area contributed by atoms with E-state index in [4.69, 9.17) is 9.15 Å². The Balaban J connectivity index is 1.36. The van der Waals surface area contributed by atoms with Gasteiger partial charge in [0.2, 0.25) is 11.8 Å². The van der Waals surface area contributed by atoms with Crippen LogP contribution in [0.1, 0.15) is 21.5 Å². The summed E-state index contributed by atoms with van der Waals surface area (Å²) in [5, 5.41) is 21.7. The van der Waals surface area contributed by atoms with E-state index in [9.17, 15) is 19.7 Å². The molecule has 1 N–H and O–H groups in total. The number of nitrogens with one attached hydrogen (secondary N) is 1. The van der Waals surface area contributed by atoms with Crippen LogP contribution in [0.4, 0.5) is 11.4 Å². The third kappa shape index (κ3) is 5.38. The molecule has 10 heteroatoms. The number of nitrogens with zero attached hydrogens (tertiary/aromatic N) is 3. The molecule has 0 unspecified atom stereocenters. The van der Waals surface area contributed by atoms with Gasteiger partial charge in [-0.1, -0.05) is 24.3 Å². The average molecular weight is 472 g/mol. The lowest BCUT2D eigenvalue weighted by atomic mass is 10.1. The number of benzene rings is 3. The monoisotopic (exact) mass is 472 g/mol. The highest BCUT2D eigenvalue weighted by Gasteiger charge is 2.16. The molecule has 0 aliphatic rings. The number of hydrogen-bond donors (Lipinski definition) is 1. The van der Waals surface area contributed by atoms with Gasteiger partial charge in [-0.15, -0.1) is 10.2 Å². The minimum Gasteiger partial charge on any atom is -0.452 e. The second-order valence-electron chi connectivity index (χ2n) is 7.69. The summed E-state index contributed by atoms with van der Waals surface area (Å²) in [6, 6.07) is 18.3. The summed E-state index contributed by atoms with van der Waals surface area (Å²) in [6.45, 7) is 2.99. The summed E-state index contributed by atoms with van der Waals surface area (Å²) in [7, 11) is 0. The normalized spacial score (nSPS) is 10.6. The van der Waals surface area contributed by atoms with Gasteiger partial charge < -0.3 is 14.5 Å². The molecule has 0 spiro atoms. The van der Waals surface area contributed by atoms with Gasteiger partial charge in [0.15, 0.2) is 6.61 Å². The lowest BCUT2D eigenvalue weighted by Crippen LogP contribution is -2.21. The van der Waals surface area contributed by atoms with Gasteiger partial charge in [0, 0.05) is 28.4 Å². The van der Waals surface area contributed by atoms with Crippen molar-refractivity contribution in [3.63, 3.8) is 0 Å². The molecule has 0 aliphatic carbocycles. The van der Waals surface area contributed by atoms with Gasteiger partial charge in [0.05, 0.1) is 10.5 Å². The summed E-state index contributed by atoms with van der Waals surface area (Å²) in [5.74, 6) is -0.628. The van der Waals surface area contributed by atoms with Gasteiger partial charge in [-0.25, -0.2) is 4.79 Å². The molecule has 176 valence electrons. The predicted octanol–water partition coefficient (Wildman–Crippen LogP) is 4.72. The molecule has 0 bridgehead atoms. The second-order valence-corrected chi connectivity index (χ2v) is 7.69. The van der Waals surface area contributed by atoms with Crippen molar-refractivity contribution in [2.45, 2.75) is 13.8 Å².